The molecule has 0 bridgehead atoms. The molecule has 1 aliphatic heterocycles. The monoisotopic (exact) mass is 241 g/mol. The number of thioether (sulfide) groups is 1. The Morgan fingerprint density at radius 2 is 2.06 bits per heavy atom. The normalized spacial score (nSPS) is 17.6. The molecule has 0 amide bonds. The predicted molar refractivity (Wildman–Crippen MR) is 65.1 cm³/mol. The van der Waals surface area contributed by atoms with Crippen LogP contribution in [0, 0.1) is 11.7 Å². The molecule has 1 aliphatic rings. The fraction of sp³-hybridized carbons (Fsp3) is 0.500. The lowest BCUT2D eigenvalue weighted by Gasteiger charge is -2.21. The summed E-state index contributed by atoms with van der Waals surface area (Å²) in [5, 5.41) is 0. The third kappa shape index (κ3) is 3.39. The third-order valence-electron chi connectivity index (χ3n) is 2.72. The zero-order chi connectivity index (χ0) is 11.4. The van der Waals surface area contributed by atoms with Crippen LogP contribution in [0.3, 0.4) is 0 Å². The van der Waals surface area contributed by atoms with Gasteiger partial charge in [0.25, 0.3) is 0 Å². The van der Waals surface area contributed by atoms with Crippen molar-refractivity contribution in [3.63, 3.8) is 0 Å². The van der Waals surface area contributed by atoms with Gasteiger partial charge in [0.15, 0.2) is 0 Å². The van der Waals surface area contributed by atoms with E-state index in [1.807, 2.05) is 6.07 Å². The number of anilines is 1. The molecule has 2 rings (SSSR count). The number of hydrogen-bond acceptors (Lipinski definition) is 3. The molecule has 0 unspecified atom stereocenters. The molecule has 0 aliphatic carbocycles. The Hall–Kier alpha value is -0.740. The Morgan fingerprint density at radius 3 is 2.75 bits per heavy atom. The maximum Gasteiger partial charge on any atom is 0.126 e. The molecule has 4 heteroatoms. The van der Waals surface area contributed by atoms with Gasteiger partial charge in [0.1, 0.15) is 5.82 Å². The number of hydrogen-bond donors (Lipinski definition) is 1. The molecule has 0 aromatic heterocycles. The molecule has 1 aromatic rings. The molecular formula is C12H16FNOS. The van der Waals surface area contributed by atoms with Crippen molar-refractivity contribution in [3.8, 4) is 0 Å². The molecule has 1 aromatic carbocycles. The van der Waals surface area contributed by atoms with Crippen molar-refractivity contribution < 1.29 is 9.13 Å². The van der Waals surface area contributed by atoms with E-state index in [1.165, 1.54) is 6.07 Å². The van der Waals surface area contributed by atoms with Crippen LogP contribution < -0.4 is 5.73 Å². The summed E-state index contributed by atoms with van der Waals surface area (Å²) in [4.78, 5) is 0.920. The summed E-state index contributed by atoms with van der Waals surface area (Å²) < 4.78 is 18.4. The predicted octanol–water partition coefficient (Wildman–Crippen LogP) is 2.93. The van der Waals surface area contributed by atoms with Gasteiger partial charge in [0.05, 0.1) is 0 Å². The van der Waals surface area contributed by atoms with Crippen LogP contribution in [0.4, 0.5) is 10.1 Å². The van der Waals surface area contributed by atoms with Crippen molar-refractivity contribution in [2.24, 2.45) is 5.92 Å². The Balaban J connectivity index is 1.88. The van der Waals surface area contributed by atoms with Crippen LogP contribution in [-0.4, -0.2) is 19.0 Å². The van der Waals surface area contributed by atoms with Crippen LogP contribution in [0.25, 0.3) is 0 Å². The van der Waals surface area contributed by atoms with Crippen molar-refractivity contribution in [1.29, 1.82) is 0 Å². The minimum atomic E-state index is -0.255. The molecule has 2 nitrogen and oxygen atoms in total. The van der Waals surface area contributed by atoms with Crippen molar-refractivity contribution in [3.05, 3.63) is 24.0 Å². The fourth-order valence-corrected chi connectivity index (χ4v) is 2.97. The van der Waals surface area contributed by atoms with E-state index >= 15 is 0 Å². The highest BCUT2D eigenvalue weighted by molar-refractivity contribution is 7.99. The van der Waals surface area contributed by atoms with E-state index in [0.29, 0.717) is 11.6 Å². The summed E-state index contributed by atoms with van der Waals surface area (Å²) in [5.41, 5.74) is 6.09. The lowest BCUT2D eigenvalue weighted by atomic mass is 10.0. The molecule has 0 atom stereocenters. The van der Waals surface area contributed by atoms with E-state index in [9.17, 15) is 4.39 Å². The fourth-order valence-electron chi connectivity index (χ4n) is 1.79. The standard InChI is InChI=1S/C12H16FNOS/c13-10-5-11(14)7-12(6-10)16-8-9-1-3-15-4-2-9/h5-7,9H,1-4,8,14H2. The van der Waals surface area contributed by atoms with E-state index in [0.717, 1.165) is 36.7 Å². The van der Waals surface area contributed by atoms with Gasteiger partial charge >= 0.3 is 0 Å². The van der Waals surface area contributed by atoms with Crippen LogP contribution in [-0.2, 0) is 4.74 Å². The summed E-state index contributed by atoms with van der Waals surface area (Å²) in [5.74, 6) is 1.45. The van der Waals surface area contributed by atoms with E-state index in [2.05, 4.69) is 0 Å². The first-order chi connectivity index (χ1) is 7.74. The minimum Gasteiger partial charge on any atom is -0.399 e. The summed E-state index contributed by atoms with van der Waals surface area (Å²) in [6.07, 6.45) is 2.22. The Kier molecular flexibility index (Phi) is 4.07. The van der Waals surface area contributed by atoms with E-state index in [1.54, 1.807) is 17.8 Å². The summed E-state index contributed by atoms with van der Waals surface area (Å²) in [6.45, 7) is 1.72. The van der Waals surface area contributed by atoms with Crippen LogP contribution in [0.5, 0.6) is 0 Å². The van der Waals surface area contributed by atoms with E-state index < -0.39 is 0 Å². The number of nitrogen functional groups attached to an aromatic ring is 1. The second-order valence-corrected chi connectivity index (χ2v) is 5.18. The van der Waals surface area contributed by atoms with Crippen molar-refractivity contribution in [2.75, 3.05) is 24.7 Å². The van der Waals surface area contributed by atoms with Crippen LogP contribution in [0.15, 0.2) is 23.1 Å². The molecule has 1 saturated heterocycles. The SMILES string of the molecule is Nc1cc(F)cc(SCC2CCOCC2)c1. The molecule has 16 heavy (non-hydrogen) atoms. The highest BCUT2D eigenvalue weighted by Gasteiger charge is 2.14. The van der Waals surface area contributed by atoms with Crippen molar-refractivity contribution in [1.82, 2.24) is 0 Å². The Morgan fingerprint density at radius 1 is 1.31 bits per heavy atom. The molecule has 0 spiro atoms. The molecule has 0 saturated carbocycles. The molecule has 88 valence electrons. The van der Waals surface area contributed by atoms with Crippen LogP contribution in [0.1, 0.15) is 12.8 Å². The van der Waals surface area contributed by atoms with Crippen molar-refractivity contribution in [2.45, 2.75) is 17.7 Å². The quantitative estimate of drug-likeness (QED) is 0.653. The largest absolute Gasteiger partial charge is 0.399 e. The molecule has 2 N–H and O–H groups in total. The second kappa shape index (κ2) is 5.55. The van der Waals surface area contributed by atoms with E-state index in [4.69, 9.17) is 10.5 Å². The maximum absolute atomic E-state index is 13.1. The van der Waals surface area contributed by atoms with E-state index in [-0.39, 0.29) is 5.82 Å². The van der Waals surface area contributed by atoms with Gasteiger partial charge < -0.3 is 10.5 Å². The van der Waals surface area contributed by atoms with Crippen molar-refractivity contribution >= 4 is 17.4 Å². The molecular weight excluding hydrogens is 225 g/mol. The smallest absolute Gasteiger partial charge is 0.126 e. The van der Waals surface area contributed by atoms with Gasteiger partial charge in [-0.05, 0) is 37.0 Å². The first-order valence-electron chi connectivity index (χ1n) is 5.50. The Bertz CT molecular complexity index is 333. The average Bonchev–Trinajstić information content (AvgIpc) is 2.27. The number of benzene rings is 1. The number of halogens is 1. The zero-order valence-electron chi connectivity index (χ0n) is 9.12. The number of ether oxygens (including phenoxy) is 1. The van der Waals surface area contributed by atoms with Gasteiger partial charge in [-0.3, -0.25) is 0 Å². The topological polar surface area (TPSA) is 35.2 Å². The van der Waals surface area contributed by atoms with Gasteiger partial charge in [0, 0.05) is 29.5 Å². The molecule has 1 heterocycles. The maximum atomic E-state index is 13.1. The second-order valence-electron chi connectivity index (χ2n) is 4.09. The minimum absolute atomic E-state index is 0.255. The first-order valence-corrected chi connectivity index (χ1v) is 6.49. The lowest BCUT2D eigenvalue weighted by Crippen LogP contribution is -2.17. The van der Waals surface area contributed by atoms with Gasteiger partial charge in [-0.15, -0.1) is 11.8 Å². The van der Waals surface area contributed by atoms with Crippen LogP contribution >= 0.6 is 11.8 Å². The summed E-state index contributed by atoms with van der Waals surface area (Å²) in [7, 11) is 0. The van der Waals surface area contributed by atoms with Gasteiger partial charge in [0.2, 0.25) is 0 Å². The van der Waals surface area contributed by atoms with Gasteiger partial charge in [-0.2, -0.15) is 0 Å². The first kappa shape index (κ1) is 11.7. The summed E-state index contributed by atoms with van der Waals surface area (Å²) in [6, 6.07) is 4.71. The van der Waals surface area contributed by atoms with Gasteiger partial charge in [-0.25, -0.2) is 4.39 Å². The Labute approximate surface area is 99.4 Å². The highest BCUT2D eigenvalue weighted by atomic mass is 32.2. The molecule has 0 radical (unpaired) electrons. The number of nitrogens with two attached hydrogens (primary N) is 1. The third-order valence-corrected chi connectivity index (χ3v) is 3.93. The highest BCUT2D eigenvalue weighted by Crippen LogP contribution is 2.27. The average molecular weight is 241 g/mol. The zero-order valence-corrected chi connectivity index (χ0v) is 9.93. The van der Waals surface area contributed by atoms with Gasteiger partial charge in [-0.1, -0.05) is 0 Å². The number of rotatable bonds is 3. The molecule has 1 fully saturated rings. The van der Waals surface area contributed by atoms with Crippen LogP contribution in [0.2, 0.25) is 0 Å². The summed E-state index contributed by atoms with van der Waals surface area (Å²) >= 11 is 1.68. The lowest BCUT2D eigenvalue weighted by molar-refractivity contribution is 0.0728.